The minimum atomic E-state index is -0.586. The van der Waals surface area contributed by atoms with Gasteiger partial charge >= 0.3 is 6.09 Å². The predicted octanol–water partition coefficient (Wildman–Crippen LogP) is 5.55. The number of hydrogen-bond donors (Lipinski definition) is 1. The van der Waals surface area contributed by atoms with Crippen molar-refractivity contribution in [1.82, 2.24) is 0 Å². The van der Waals surface area contributed by atoms with E-state index in [1.54, 1.807) is 4.90 Å². The molecule has 1 N–H and O–H groups in total. The van der Waals surface area contributed by atoms with Gasteiger partial charge in [0.05, 0.1) is 28.6 Å². The molecular formula is C24H30ClN3O3. The number of anilines is 3. The number of para-hydroxylation sites is 2. The quantitative estimate of drug-likeness (QED) is 0.675. The molecule has 0 saturated heterocycles. The molecule has 0 radical (unpaired) electrons. The SMILES string of the molecule is Cc1cc(C)c(NC(=O)CN2c3ccccc3N(C(=O)OC(C)(C)C)CC2C)c(Cl)c1. The Kier molecular flexibility index (Phi) is 6.51. The second-order valence-corrected chi connectivity index (χ2v) is 9.45. The number of carbonyl (C=O) groups is 2. The van der Waals surface area contributed by atoms with E-state index in [-0.39, 0.29) is 18.5 Å². The molecule has 2 aromatic rings. The van der Waals surface area contributed by atoms with Crippen molar-refractivity contribution in [3.8, 4) is 0 Å². The summed E-state index contributed by atoms with van der Waals surface area (Å²) in [7, 11) is 0. The molecule has 0 spiro atoms. The van der Waals surface area contributed by atoms with Crippen molar-refractivity contribution in [2.45, 2.75) is 53.2 Å². The van der Waals surface area contributed by atoms with Crippen molar-refractivity contribution in [1.29, 1.82) is 0 Å². The molecule has 1 atom stereocenters. The van der Waals surface area contributed by atoms with Crippen LogP contribution in [0, 0.1) is 13.8 Å². The van der Waals surface area contributed by atoms with Crippen molar-refractivity contribution in [3.05, 3.63) is 52.5 Å². The Morgan fingerprint density at radius 3 is 2.42 bits per heavy atom. The third-order valence-electron chi connectivity index (χ3n) is 5.08. The van der Waals surface area contributed by atoms with E-state index in [0.717, 1.165) is 22.5 Å². The van der Waals surface area contributed by atoms with Gasteiger partial charge in [-0.3, -0.25) is 9.69 Å². The molecule has 0 fully saturated rings. The summed E-state index contributed by atoms with van der Waals surface area (Å²) in [6.07, 6.45) is -0.391. The van der Waals surface area contributed by atoms with Crippen LogP contribution in [-0.4, -0.2) is 36.7 Å². The summed E-state index contributed by atoms with van der Waals surface area (Å²) in [6.45, 7) is 12.0. The number of hydrogen-bond acceptors (Lipinski definition) is 4. The van der Waals surface area contributed by atoms with Crippen LogP contribution in [0.15, 0.2) is 36.4 Å². The first-order valence-corrected chi connectivity index (χ1v) is 10.8. The minimum Gasteiger partial charge on any atom is -0.443 e. The van der Waals surface area contributed by atoms with Gasteiger partial charge in [-0.15, -0.1) is 0 Å². The summed E-state index contributed by atoms with van der Waals surface area (Å²) >= 11 is 6.35. The largest absolute Gasteiger partial charge is 0.443 e. The Morgan fingerprint density at radius 2 is 1.81 bits per heavy atom. The second kappa shape index (κ2) is 8.79. The van der Waals surface area contributed by atoms with Gasteiger partial charge in [0, 0.05) is 12.6 Å². The maximum absolute atomic E-state index is 12.9. The Bertz CT molecular complexity index is 977. The number of aryl methyl sites for hydroxylation is 2. The lowest BCUT2D eigenvalue weighted by Gasteiger charge is -2.42. The summed E-state index contributed by atoms with van der Waals surface area (Å²) in [6, 6.07) is 11.3. The van der Waals surface area contributed by atoms with E-state index in [1.807, 2.05) is 82.8 Å². The number of amides is 2. The first-order chi connectivity index (χ1) is 14.5. The normalized spacial score (nSPS) is 16.0. The first kappa shape index (κ1) is 22.9. The van der Waals surface area contributed by atoms with Gasteiger partial charge in [0.1, 0.15) is 5.60 Å². The van der Waals surface area contributed by atoms with Crippen LogP contribution in [-0.2, 0) is 9.53 Å². The Balaban J connectivity index is 1.82. The highest BCUT2D eigenvalue weighted by molar-refractivity contribution is 6.34. The van der Waals surface area contributed by atoms with Gasteiger partial charge in [0.2, 0.25) is 5.91 Å². The number of halogens is 1. The topological polar surface area (TPSA) is 61.9 Å². The molecule has 1 aliphatic rings. The zero-order chi connectivity index (χ0) is 22.9. The summed E-state index contributed by atoms with van der Waals surface area (Å²) in [5.41, 5.74) is 3.55. The highest BCUT2D eigenvalue weighted by Crippen LogP contribution is 2.36. The van der Waals surface area contributed by atoms with Gasteiger partial charge < -0.3 is 15.0 Å². The summed E-state index contributed by atoms with van der Waals surface area (Å²) < 4.78 is 5.59. The van der Waals surface area contributed by atoms with Gasteiger partial charge in [-0.2, -0.15) is 0 Å². The van der Waals surface area contributed by atoms with Gasteiger partial charge in [-0.1, -0.05) is 29.8 Å². The summed E-state index contributed by atoms with van der Waals surface area (Å²) in [4.78, 5) is 29.3. The minimum absolute atomic E-state index is 0.0808. The van der Waals surface area contributed by atoms with Crippen molar-refractivity contribution in [2.75, 3.05) is 28.2 Å². The average molecular weight is 444 g/mol. The van der Waals surface area contributed by atoms with Crippen molar-refractivity contribution in [3.63, 3.8) is 0 Å². The molecule has 0 bridgehead atoms. The molecule has 0 aromatic heterocycles. The van der Waals surface area contributed by atoms with Crippen molar-refractivity contribution >= 4 is 40.7 Å². The maximum Gasteiger partial charge on any atom is 0.414 e. The Hall–Kier alpha value is -2.73. The molecule has 1 heterocycles. The monoisotopic (exact) mass is 443 g/mol. The lowest BCUT2D eigenvalue weighted by atomic mass is 10.1. The van der Waals surface area contributed by atoms with Crippen LogP contribution in [0.3, 0.4) is 0 Å². The highest BCUT2D eigenvalue weighted by Gasteiger charge is 2.34. The van der Waals surface area contributed by atoms with Gasteiger partial charge in [-0.25, -0.2) is 4.79 Å². The van der Waals surface area contributed by atoms with E-state index in [4.69, 9.17) is 16.3 Å². The molecule has 31 heavy (non-hydrogen) atoms. The second-order valence-electron chi connectivity index (χ2n) is 9.04. The highest BCUT2D eigenvalue weighted by atomic mass is 35.5. The number of benzene rings is 2. The molecule has 2 amide bonds. The van der Waals surface area contributed by atoms with Gasteiger partial charge in [0.25, 0.3) is 0 Å². The summed E-state index contributed by atoms with van der Waals surface area (Å²) in [5.74, 6) is -0.166. The van der Waals surface area contributed by atoms with Crippen molar-refractivity contribution < 1.29 is 14.3 Å². The molecule has 7 heteroatoms. The van der Waals surface area contributed by atoms with Crippen LogP contribution < -0.4 is 15.1 Å². The number of carbonyl (C=O) groups excluding carboxylic acids is 2. The molecule has 0 aliphatic carbocycles. The van der Waals surface area contributed by atoms with Gasteiger partial charge in [0.15, 0.2) is 0 Å². The molecule has 3 rings (SSSR count). The van der Waals surface area contributed by atoms with E-state index in [9.17, 15) is 9.59 Å². The first-order valence-electron chi connectivity index (χ1n) is 10.4. The molecule has 2 aromatic carbocycles. The van der Waals surface area contributed by atoms with Crippen molar-refractivity contribution in [2.24, 2.45) is 0 Å². The molecule has 1 aliphatic heterocycles. The van der Waals surface area contributed by atoms with Crippen LogP contribution in [0.2, 0.25) is 5.02 Å². The molecule has 166 valence electrons. The molecule has 1 unspecified atom stereocenters. The predicted molar refractivity (Wildman–Crippen MR) is 126 cm³/mol. The van der Waals surface area contributed by atoms with E-state index < -0.39 is 11.7 Å². The van der Waals surface area contributed by atoms with Crippen LogP contribution in [0.4, 0.5) is 21.9 Å². The third kappa shape index (κ3) is 5.31. The molecule has 6 nitrogen and oxygen atoms in total. The van der Waals surface area contributed by atoms with Crippen LogP contribution in [0.1, 0.15) is 38.8 Å². The fourth-order valence-corrected chi connectivity index (χ4v) is 4.14. The fourth-order valence-electron chi connectivity index (χ4n) is 3.77. The van der Waals surface area contributed by atoms with E-state index in [2.05, 4.69) is 5.32 Å². The van der Waals surface area contributed by atoms with E-state index in [1.165, 1.54) is 0 Å². The number of ether oxygens (including phenoxy) is 1. The maximum atomic E-state index is 12.9. The lowest BCUT2D eigenvalue weighted by Crippen LogP contribution is -2.52. The lowest BCUT2D eigenvalue weighted by molar-refractivity contribution is -0.115. The Labute approximate surface area is 189 Å². The number of nitrogens with one attached hydrogen (secondary N) is 1. The fraction of sp³-hybridized carbons (Fsp3) is 0.417. The Morgan fingerprint density at radius 1 is 1.16 bits per heavy atom. The smallest absolute Gasteiger partial charge is 0.414 e. The zero-order valence-electron chi connectivity index (χ0n) is 19.0. The van der Waals surface area contributed by atoms with E-state index in [0.29, 0.717) is 17.3 Å². The van der Waals surface area contributed by atoms with Crippen LogP contribution in [0.5, 0.6) is 0 Å². The molecular weight excluding hydrogens is 414 g/mol. The number of fused-ring (bicyclic) bond motifs is 1. The van der Waals surface area contributed by atoms with Crippen LogP contribution in [0.25, 0.3) is 0 Å². The van der Waals surface area contributed by atoms with E-state index >= 15 is 0 Å². The average Bonchev–Trinajstić information content (AvgIpc) is 2.65. The summed E-state index contributed by atoms with van der Waals surface area (Å²) in [5, 5.41) is 3.47. The standard InChI is InChI=1S/C24H30ClN3O3/c1-15-11-16(2)22(18(25)12-15)26-21(29)14-27-17(3)13-28(23(30)31-24(4,5)6)20-10-8-7-9-19(20)27/h7-12,17H,13-14H2,1-6H3,(H,26,29). The zero-order valence-corrected chi connectivity index (χ0v) is 19.7. The number of nitrogens with zero attached hydrogens (tertiary/aromatic N) is 2. The number of rotatable bonds is 3. The third-order valence-corrected chi connectivity index (χ3v) is 5.38. The van der Waals surface area contributed by atoms with Crippen LogP contribution >= 0.6 is 11.6 Å². The van der Waals surface area contributed by atoms with Gasteiger partial charge in [-0.05, 0) is 70.9 Å². The molecule has 0 saturated carbocycles.